The first-order chi connectivity index (χ1) is 15.2. The Morgan fingerprint density at radius 1 is 1.03 bits per heavy atom. The Kier molecular flexibility index (Phi) is 6.93. The summed E-state index contributed by atoms with van der Waals surface area (Å²) >= 11 is 0. The largest absolute Gasteiger partial charge is 0.494 e. The molecule has 1 amide bonds. The number of carbonyl (C=O) groups is 1. The van der Waals surface area contributed by atoms with Gasteiger partial charge in [0.2, 0.25) is 5.91 Å². The molecule has 0 aliphatic carbocycles. The lowest BCUT2D eigenvalue weighted by molar-refractivity contribution is -0.147. The normalized spacial score (nSPS) is 21.7. The molecule has 1 N–H and O–H groups in total. The van der Waals surface area contributed by atoms with Gasteiger partial charge in [0.25, 0.3) is 0 Å². The minimum Gasteiger partial charge on any atom is -0.494 e. The van der Waals surface area contributed by atoms with Crippen LogP contribution < -0.4 is 4.74 Å². The molecule has 2 fully saturated rings. The molecule has 2 aromatic rings. The van der Waals surface area contributed by atoms with Crippen LogP contribution in [0, 0.1) is 0 Å². The molecule has 0 bridgehead atoms. The third-order valence-electron chi connectivity index (χ3n) is 6.81. The minimum atomic E-state index is -0.368. The number of rotatable bonds is 8. The van der Waals surface area contributed by atoms with Crippen molar-refractivity contribution in [1.82, 2.24) is 9.80 Å². The van der Waals surface area contributed by atoms with Crippen LogP contribution >= 0.6 is 0 Å². The summed E-state index contributed by atoms with van der Waals surface area (Å²) < 4.78 is 5.62. The van der Waals surface area contributed by atoms with E-state index in [1.165, 1.54) is 5.56 Å². The maximum absolute atomic E-state index is 13.7. The van der Waals surface area contributed by atoms with E-state index in [9.17, 15) is 9.90 Å². The minimum absolute atomic E-state index is 0.0412. The maximum atomic E-state index is 13.7. The summed E-state index contributed by atoms with van der Waals surface area (Å²) in [6, 6.07) is 16.5. The number of nitrogens with zero attached hydrogens (tertiary/aromatic N) is 2. The molecule has 0 aromatic heterocycles. The lowest BCUT2D eigenvalue weighted by Gasteiger charge is -2.45. The SMILES string of the molecule is CCOc1ccc(CN2CCCC23CCCN(CCc2ccccc2)C3=O)cc1CO. The zero-order chi connectivity index (χ0) is 21.7. The Balaban J connectivity index is 1.47. The molecule has 5 nitrogen and oxygen atoms in total. The van der Waals surface area contributed by atoms with Crippen molar-refractivity contribution in [3.63, 3.8) is 0 Å². The maximum Gasteiger partial charge on any atom is 0.243 e. The van der Waals surface area contributed by atoms with Crippen LogP contribution in [0.25, 0.3) is 0 Å². The molecule has 4 rings (SSSR count). The zero-order valence-corrected chi connectivity index (χ0v) is 18.6. The van der Waals surface area contributed by atoms with E-state index < -0.39 is 0 Å². The predicted molar refractivity (Wildman–Crippen MR) is 122 cm³/mol. The van der Waals surface area contributed by atoms with Crippen LogP contribution in [0.2, 0.25) is 0 Å². The van der Waals surface area contributed by atoms with E-state index in [2.05, 4.69) is 40.1 Å². The fraction of sp³-hybridized carbons (Fsp3) is 0.500. The second kappa shape index (κ2) is 9.84. The highest BCUT2D eigenvalue weighted by molar-refractivity contribution is 5.87. The number of aliphatic hydroxyl groups is 1. The molecule has 2 aliphatic rings. The molecule has 2 heterocycles. The van der Waals surface area contributed by atoms with Crippen molar-refractivity contribution in [1.29, 1.82) is 0 Å². The summed E-state index contributed by atoms with van der Waals surface area (Å²) in [6.45, 7) is 5.81. The molecule has 2 aromatic carbocycles. The summed E-state index contributed by atoms with van der Waals surface area (Å²) in [5, 5.41) is 9.75. The predicted octanol–water partition coefficient (Wildman–Crippen LogP) is 3.78. The molecule has 2 saturated heterocycles. The van der Waals surface area contributed by atoms with Crippen LogP contribution in [0.5, 0.6) is 5.75 Å². The second-order valence-electron chi connectivity index (χ2n) is 8.72. The van der Waals surface area contributed by atoms with E-state index in [1.54, 1.807) is 0 Å². The Hall–Kier alpha value is -2.37. The van der Waals surface area contributed by atoms with Gasteiger partial charge in [0.05, 0.1) is 13.2 Å². The third-order valence-corrected chi connectivity index (χ3v) is 6.81. The van der Waals surface area contributed by atoms with E-state index >= 15 is 0 Å². The smallest absolute Gasteiger partial charge is 0.243 e. The molecule has 31 heavy (non-hydrogen) atoms. The summed E-state index contributed by atoms with van der Waals surface area (Å²) in [6.07, 6.45) is 4.90. The van der Waals surface area contributed by atoms with Crippen LogP contribution in [-0.4, -0.2) is 52.6 Å². The van der Waals surface area contributed by atoms with E-state index in [-0.39, 0.29) is 12.1 Å². The van der Waals surface area contributed by atoms with Crippen molar-refractivity contribution < 1.29 is 14.6 Å². The van der Waals surface area contributed by atoms with Gasteiger partial charge in [0.1, 0.15) is 11.3 Å². The van der Waals surface area contributed by atoms with Crippen LogP contribution in [-0.2, 0) is 24.4 Å². The number of amides is 1. The van der Waals surface area contributed by atoms with Crippen LogP contribution in [0.15, 0.2) is 48.5 Å². The van der Waals surface area contributed by atoms with Gasteiger partial charge in [-0.25, -0.2) is 0 Å². The molecule has 1 atom stereocenters. The van der Waals surface area contributed by atoms with Gasteiger partial charge in [0, 0.05) is 25.2 Å². The lowest BCUT2D eigenvalue weighted by Crippen LogP contribution is -2.59. The van der Waals surface area contributed by atoms with Gasteiger partial charge in [-0.15, -0.1) is 0 Å². The number of benzene rings is 2. The first kappa shape index (κ1) is 21.8. The summed E-state index contributed by atoms with van der Waals surface area (Å²) in [7, 11) is 0. The van der Waals surface area contributed by atoms with Gasteiger partial charge in [-0.3, -0.25) is 9.69 Å². The summed E-state index contributed by atoms with van der Waals surface area (Å²) in [5.74, 6) is 1.05. The molecule has 1 spiro atoms. The monoisotopic (exact) mass is 422 g/mol. The third kappa shape index (κ3) is 4.63. The number of carbonyl (C=O) groups excluding carboxylic acids is 1. The second-order valence-corrected chi connectivity index (χ2v) is 8.72. The Morgan fingerprint density at radius 2 is 1.81 bits per heavy atom. The molecule has 1 unspecified atom stereocenters. The number of likely N-dealkylation sites (tertiary alicyclic amines) is 2. The summed E-state index contributed by atoms with van der Waals surface area (Å²) in [4.78, 5) is 18.1. The van der Waals surface area contributed by atoms with Crippen molar-refractivity contribution in [2.45, 2.75) is 57.7 Å². The van der Waals surface area contributed by atoms with Crippen molar-refractivity contribution in [3.05, 3.63) is 65.2 Å². The van der Waals surface area contributed by atoms with E-state index in [1.807, 2.05) is 25.1 Å². The fourth-order valence-electron chi connectivity index (χ4n) is 5.25. The molecular weight excluding hydrogens is 388 g/mol. The quantitative estimate of drug-likeness (QED) is 0.704. The standard InChI is InChI=1S/C26H34N2O3/c1-2-31-24-11-10-22(18-23(24)20-29)19-28-16-7-14-26(28)13-6-15-27(25(26)30)17-12-21-8-4-3-5-9-21/h3-5,8-11,18,29H,2,6-7,12-17,19-20H2,1H3. The van der Waals surface area contributed by atoms with Gasteiger partial charge in [-0.05, 0) is 68.8 Å². The molecule has 166 valence electrons. The number of hydrogen-bond acceptors (Lipinski definition) is 4. The van der Waals surface area contributed by atoms with Crippen molar-refractivity contribution in [2.75, 3.05) is 26.2 Å². The highest BCUT2D eigenvalue weighted by atomic mass is 16.5. The topological polar surface area (TPSA) is 53.0 Å². The Morgan fingerprint density at radius 3 is 2.55 bits per heavy atom. The van der Waals surface area contributed by atoms with Gasteiger partial charge in [-0.1, -0.05) is 36.4 Å². The molecular formula is C26H34N2O3. The van der Waals surface area contributed by atoms with Gasteiger partial charge in [0.15, 0.2) is 0 Å². The number of hydrogen-bond donors (Lipinski definition) is 1. The number of aliphatic hydroxyl groups excluding tert-OH is 1. The summed E-state index contributed by atoms with van der Waals surface area (Å²) in [5.41, 5.74) is 2.85. The first-order valence-corrected chi connectivity index (χ1v) is 11.6. The molecule has 5 heteroatoms. The highest BCUT2D eigenvalue weighted by Crippen LogP contribution is 2.39. The van der Waals surface area contributed by atoms with E-state index in [0.717, 1.165) is 75.2 Å². The van der Waals surface area contributed by atoms with Crippen LogP contribution in [0.4, 0.5) is 0 Å². The van der Waals surface area contributed by atoms with Crippen molar-refractivity contribution in [3.8, 4) is 5.75 Å². The van der Waals surface area contributed by atoms with Gasteiger partial charge in [-0.2, -0.15) is 0 Å². The average molecular weight is 423 g/mol. The molecule has 0 radical (unpaired) electrons. The fourth-order valence-corrected chi connectivity index (χ4v) is 5.25. The average Bonchev–Trinajstić information content (AvgIpc) is 3.19. The Labute approximate surface area is 185 Å². The number of ether oxygens (including phenoxy) is 1. The zero-order valence-electron chi connectivity index (χ0n) is 18.6. The van der Waals surface area contributed by atoms with Crippen LogP contribution in [0.1, 0.15) is 49.3 Å². The van der Waals surface area contributed by atoms with E-state index in [0.29, 0.717) is 12.5 Å². The van der Waals surface area contributed by atoms with E-state index in [4.69, 9.17) is 4.74 Å². The highest BCUT2D eigenvalue weighted by Gasteiger charge is 2.50. The van der Waals surface area contributed by atoms with Gasteiger partial charge < -0.3 is 14.7 Å². The molecule has 2 aliphatic heterocycles. The molecule has 0 saturated carbocycles. The van der Waals surface area contributed by atoms with Gasteiger partial charge >= 0.3 is 0 Å². The Bertz CT molecular complexity index is 885. The van der Waals surface area contributed by atoms with Crippen LogP contribution in [0.3, 0.4) is 0 Å². The number of piperidine rings is 1. The first-order valence-electron chi connectivity index (χ1n) is 11.6. The van der Waals surface area contributed by atoms with Crippen molar-refractivity contribution >= 4 is 5.91 Å². The van der Waals surface area contributed by atoms with Crippen molar-refractivity contribution in [2.24, 2.45) is 0 Å². The lowest BCUT2D eigenvalue weighted by atomic mass is 9.85.